The molecule has 100 valence electrons. The van der Waals surface area contributed by atoms with Crippen LogP contribution in [0.25, 0.3) is 0 Å². The normalized spacial score (nSPS) is 11.4. The molecule has 0 aromatic carbocycles. The number of rotatable bonds is 5. The van der Waals surface area contributed by atoms with Crippen molar-refractivity contribution in [1.29, 1.82) is 0 Å². The first kappa shape index (κ1) is 14.7. The quantitative estimate of drug-likeness (QED) is 0.811. The van der Waals surface area contributed by atoms with Gasteiger partial charge in [0.25, 0.3) is 0 Å². The Hall–Kier alpha value is -1.35. The van der Waals surface area contributed by atoms with Crippen molar-refractivity contribution >= 4 is 5.82 Å². The van der Waals surface area contributed by atoms with E-state index < -0.39 is 0 Å². The van der Waals surface area contributed by atoms with Gasteiger partial charge in [-0.1, -0.05) is 6.08 Å². The minimum atomic E-state index is 0.129. The number of pyridine rings is 1. The highest BCUT2D eigenvalue weighted by atomic mass is 15.2. The molecule has 0 atom stereocenters. The molecular formula is C15H25N3. The first-order valence-corrected chi connectivity index (χ1v) is 6.36. The van der Waals surface area contributed by atoms with Gasteiger partial charge in [-0.05, 0) is 45.4 Å². The van der Waals surface area contributed by atoms with Gasteiger partial charge in [0.2, 0.25) is 0 Å². The maximum atomic E-state index is 4.55. The fraction of sp³-hybridized carbons (Fsp3) is 0.533. The molecule has 0 aliphatic heterocycles. The molecule has 1 aromatic rings. The van der Waals surface area contributed by atoms with Gasteiger partial charge in [0.15, 0.2) is 0 Å². The summed E-state index contributed by atoms with van der Waals surface area (Å²) in [6, 6.07) is 4.26. The van der Waals surface area contributed by atoms with Gasteiger partial charge in [0.1, 0.15) is 5.82 Å². The number of anilines is 1. The second-order valence-corrected chi connectivity index (χ2v) is 5.75. The summed E-state index contributed by atoms with van der Waals surface area (Å²) in [5.74, 6) is 1.00. The highest BCUT2D eigenvalue weighted by Gasteiger charge is 2.10. The highest BCUT2D eigenvalue weighted by molar-refractivity contribution is 5.42. The molecular weight excluding hydrogens is 222 g/mol. The van der Waals surface area contributed by atoms with Crippen LogP contribution in [0.15, 0.2) is 24.8 Å². The molecule has 1 rings (SSSR count). The Kier molecular flexibility index (Phi) is 4.91. The molecule has 1 aromatic heterocycles. The van der Waals surface area contributed by atoms with Crippen LogP contribution in [0.5, 0.6) is 0 Å². The Morgan fingerprint density at radius 2 is 2.06 bits per heavy atom. The summed E-state index contributed by atoms with van der Waals surface area (Å²) >= 11 is 0. The topological polar surface area (TPSA) is 28.2 Å². The van der Waals surface area contributed by atoms with Crippen molar-refractivity contribution < 1.29 is 0 Å². The van der Waals surface area contributed by atoms with E-state index in [0.717, 1.165) is 24.6 Å². The van der Waals surface area contributed by atoms with Gasteiger partial charge >= 0.3 is 0 Å². The van der Waals surface area contributed by atoms with Crippen molar-refractivity contribution in [3.8, 4) is 0 Å². The number of nitrogens with one attached hydrogen (secondary N) is 1. The largest absolute Gasteiger partial charge is 0.356 e. The Bertz CT molecular complexity index is 405. The van der Waals surface area contributed by atoms with Crippen LogP contribution in [0.1, 0.15) is 32.0 Å². The summed E-state index contributed by atoms with van der Waals surface area (Å²) in [5.41, 5.74) is 2.45. The van der Waals surface area contributed by atoms with Crippen LogP contribution in [-0.2, 0) is 6.54 Å². The van der Waals surface area contributed by atoms with Gasteiger partial charge in [-0.25, -0.2) is 4.98 Å². The van der Waals surface area contributed by atoms with Gasteiger partial charge in [0, 0.05) is 31.4 Å². The average Bonchev–Trinajstić information content (AvgIpc) is 2.25. The van der Waals surface area contributed by atoms with E-state index in [-0.39, 0.29) is 5.54 Å². The summed E-state index contributed by atoms with van der Waals surface area (Å²) in [6.45, 7) is 14.0. The van der Waals surface area contributed by atoms with Gasteiger partial charge in [-0.15, -0.1) is 6.58 Å². The Labute approximate surface area is 111 Å². The second-order valence-electron chi connectivity index (χ2n) is 5.75. The minimum absolute atomic E-state index is 0.129. The minimum Gasteiger partial charge on any atom is -0.356 e. The Balaban J connectivity index is 2.83. The van der Waals surface area contributed by atoms with Crippen molar-refractivity contribution in [2.45, 2.75) is 39.8 Å². The third kappa shape index (κ3) is 4.88. The number of hydrogen-bond donors (Lipinski definition) is 1. The summed E-state index contributed by atoms with van der Waals surface area (Å²) in [6.07, 6.45) is 1.89. The predicted octanol–water partition coefficient (Wildman–Crippen LogP) is 2.90. The van der Waals surface area contributed by atoms with E-state index in [1.165, 1.54) is 5.56 Å². The van der Waals surface area contributed by atoms with E-state index in [9.17, 15) is 0 Å². The summed E-state index contributed by atoms with van der Waals surface area (Å²) < 4.78 is 0. The van der Waals surface area contributed by atoms with Gasteiger partial charge in [-0.2, -0.15) is 0 Å². The van der Waals surface area contributed by atoms with Crippen LogP contribution >= 0.6 is 0 Å². The fourth-order valence-corrected chi connectivity index (χ4v) is 1.67. The SMILES string of the molecule is C=CCN(C)c1cc(CNC(C)(C)C)cc(C)n1. The lowest BCUT2D eigenvalue weighted by Crippen LogP contribution is -2.35. The van der Waals surface area contributed by atoms with Crippen molar-refractivity contribution in [3.05, 3.63) is 36.0 Å². The summed E-state index contributed by atoms with van der Waals surface area (Å²) in [4.78, 5) is 6.64. The first-order chi connectivity index (χ1) is 8.31. The predicted molar refractivity (Wildman–Crippen MR) is 79.0 cm³/mol. The summed E-state index contributed by atoms with van der Waals surface area (Å²) in [5, 5.41) is 3.50. The van der Waals surface area contributed by atoms with Crippen LogP contribution < -0.4 is 10.2 Å². The zero-order valence-corrected chi connectivity index (χ0v) is 12.2. The third-order valence-electron chi connectivity index (χ3n) is 2.62. The monoisotopic (exact) mass is 247 g/mol. The number of nitrogens with zero attached hydrogens (tertiary/aromatic N) is 2. The van der Waals surface area contributed by atoms with Crippen LogP contribution in [0.3, 0.4) is 0 Å². The van der Waals surface area contributed by atoms with Crippen LogP contribution in [0.2, 0.25) is 0 Å². The number of aromatic nitrogens is 1. The molecule has 0 unspecified atom stereocenters. The maximum Gasteiger partial charge on any atom is 0.129 e. The van der Waals surface area contributed by atoms with E-state index in [2.05, 4.69) is 54.7 Å². The molecule has 0 saturated heterocycles. The lowest BCUT2D eigenvalue weighted by molar-refractivity contribution is 0.424. The smallest absolute Gasteiger partial charge is 0.129 e. The average molecular weight is 247 g/mol. The molecule has 18 heavy (non-hydrogen) atoms. The lowest BCUT2D eigenvalue weighted by atomic mass is 10.1. The Morgan fingerprint density at radius 3 is 2.61 bits per heavy atom. The third-order valence-corrected chi connectivity index (χ3v) is 2.62. The molecule has 0 radical (unpaired) electrons. The standard InChI is InChI=1S/C15H25N3/c1-7-8-18(6)14-10-13(9-12(2)17-14)11-16-15(3,4)5/h7,9-10,16H,1,8,11H2,2-6H3. The number of hydrogen-bond acceptors (Lipinski definition) is 3. The molecule has 0 amide bonds. The van der Waals surface area contributed by atoms with Gasteiger partial charge in [-0.3, -0.25) is 0 Å². The zero-order chi connectivity index (χ0) is 13.8. The van der Waals surface area contributed by atoms with Crippen LogP contribution in [0.4, 0.5) is 5.82 Å². The number of likely N-dealkylation sites (N-methyl/N-ethyl adjacent to an activating group) is 1. The lowest BCUT2D eigenvalue weighted by Gasteiger charge is -2.22. The molecule has 0 spiro atoms. The molecule has 1 N–H and O–H groups in total. The van der Waals surface area contributed by atoms with E-state index in [0.29, 0.717) is 0 Å². The summed E-state index contributed by atoms with van der Waals surface area (Å²) in [7, 11) is 2.03. The van der Waals surface area contributed by atoms with Crippen molar-refractivity contribution in [2.75, 3.05) is 18.5 Å². The molecule has 0 aliphatic carbocycles. The van der Waals surface area contributed by atoms with Gasteiger partial charge in [0.05, 0.1) is 0 Å². The van der Waals surface area contributed by atoms with E-state index in [4.69, 9.17) is 0 Å². The van der Waals surface area contributed by atoms with Gasteiger partial charge < -0.3 is 10.2 Å². The van der Waals surface area contributed by atoms with Crippen molar-refractivity contribution in [3.63, 3.8) is 0 Å². The molecule has 3 nitrogen and oxygen atoms in total. The molecule has 3 heteroatoms. The zero-order valence-electron chi connectivity index (χ0n) is 12.2. The van der Waals surface area contributed by atoms with E-state index in [1.54, 1.807) is 0 Å². The molecule has 0 fully saturated rings. The second kappa shape index (κ2) is 6.01. The highest BCUT2D eigenvalue weighted by Crippen LogP contribution is 2.14. The fourth-order valence-electron chi connectivity index (χ4n) is 1.67. The maximum absolute atomic E-state index is 4.55. The van der Waals surface area contributed by atoms with Crippen LogP contribution in [-0.4, -0.2) is 24.1 Å². The van der Waals surface area contributed by atoms with Crippen molar-refractivity contribution in [1.82, 2.24) is 10.3 Å². The molecule has 0 bridgehead atoms. The number of aryl methyl sites for hydroxylation is 1. The van der Waals surface area contributed by atoms with E-state index >= 15 is 0 Å². The Morgan fingerprint density at radius 1 is 1.39 bits per heavy atom. The first-order valence-electron chi connectivity index (χ1n) is 6.36. The van der Waals surface area contributed by atoms with Crippen molar-refractivity contribution in [2.24, 2.45) is 0 Å². The van der Waals surface area contributed by atoms with E-state index in [1.807, 2.05) is 20.0 Å². The molecule has 0 saturated carbocycles. The molecule has 0 aliphatic rings. The molecule has 1 heterocycles. The van der Waals surface area contributed by atoms with Crippen LogP contribution in [0, 0.1) is 6.92 Å².